The molecule has 1 atom stereocenters. The van der Waals surface area contributed by atoms with Gasteiger partial charge in [0.1, 0.15) is 11.8 Å². The Labute approximate surface area is 207 Å². The highest BCUT2D eigenvalue weighted by Gasteiger charge is 2.31. The van der Waals surface area contributed by atoms with Crippen LogP contribution in [-0.2, 0) is 16.1 Å². The normalized spacial score (nSPS) is 12.2. The maximum atomic E-state index is 13.3. The number of halogens is 2. The van der Waals surface area contributed by atoms with Crippen molar-refractivity contribution in [1.29, 1.82) is 0 Å². The number of carbonyl (C=O) groups excluding carboxylic acids is 2. The van der Waals surface area contributed by atoms with Gasteiger partial charge in [0.25, 0.3) is 0 Å². The van der Waals surface area contributed by atoms with E-state index < -0.39 is 11.6 Å². The molecule has 2 aromatic rings. The van der Waals surface area contributed by atoms with Gasteiger partial charge in [0.05, 0.1) is 6.61 Å². The van der Waals surface area contributed by atoms with Gasteiger partial charge < -0.3 is 15.0 Å². The molecule has 0 unspecified atom stereocenters. The zero-order chi connectivity index (χ0) is 24.6. The molecule has 0 aliphatic heterocycles. The lowest BCUT2D eigenvalue weighted by Crippen LogP contribution is -2.53. The molecule has 0 radical (unpaired) electrons. The molecule has 0 aromatic heterocycles. The fraction of sp³-hybridized carbons (Fsp3) is 0.462. The molecule has 2 amide bonds. The molecule has 1 N–H and O–H groups in total. The van der Waals surface area contributed by atoms with Crippen molar-refractivity contribution in [2.45, 2.75) is 72.0 Å². The SMILES string of the molecule is CC[C@H](C(=O)NC(C)(C)C)N(Cc1c(Cl)cccc1Cl)C(=O)CCCOc1ccc(C)cc1. The van der Waals surface area contributed by atoms with Crippen LogP contribution in [0.2, 0.25) is 10.0 Å². The first-order valence-electron chi connectivity index (χ1n) is 11.3. The summed E-state index contributed by atoms with van der Waals surface area (Å²) in [6.07, 6.45) is 1.24. The molecule has 33 heavy (non-hydrogen) atoms. The summed E-state index contributed by atoms with van der Waals surface area (Å²) in [7, 11) is 0. The first kappa shape index (κ1) is 27.0. The van der Waals surface area contributed by atoms with Crippen LogP contribution in [0.1, 0.15) is 58.1 Å². The van der Waals surface area contributed by atoms with Crippen molar-refractivity contribution in [2.24, 2.45) is 0 Å². The van der Waals surface area contributed by atoms with Crippen molar-refractivity contribution in [3.8, 4) is 5.75 Å². The molecule has 0 saturated heterocycles. The van der Waals surface area contributed by atoms with Crippen molar-refractivity contribution >= 4 is 35.0 Å². The van der Waals surface area contributed by atoms with Crippen LogP contribution in [0, 0.1) is 6.92 Å². The van der Waals surface area contributed by atoms with Crippen LogP contribution < -0.4 is 10.1 Å². The third-order valence-corrected chi connectivity index (χ3v) is 5.81. The first-order valence-corrected chi connectivity index (χ1v) is 12.0. The highest BCUT2D eigenvalue weighted by molar-refractivity contribution is 6.36. The zero-order valence-corrected chi connectivity index (χ0v) is 21.6. The number of carbonyl (C=O) groups is 2. The Hall–Kier alpha value is -2.24. The van der Waals surface area contributed by atoms with E-state index in [0.29, 0.717) is 35.1 Å². The topological polar surface area (TPSA) is 58.6 Å². The van der Waals surface area contributed by atoms with Crippen molar-refractivity contribution < 1.29 is 14.3 Å². The summed E-state index contributed by atoms with van der Waals surface area (Å²) in [5.41, 5.74) is 1.38. The minimum absolute atomic E-state index is 0.144. The standard InChI is InChI=1S/C26H34Cl2N2O3/c1-6-23(25(32)29-26(3,4)5)30(17-20-21(27)9-7-10-22(20)28)24(31)11-8-16-33-19-14-12-18(2)13-15-19/h7,9-10,12-15,23H,6,8,11,16-17H2,1-5H3,(H,29,32)/t23-/m1/s1. The number of hydrogen-bond donors (Lipinski definition) is 1. The molecule has 0 bridgehead atoms. The lowest BCUT2D eigenvalue weighted by Gasteiger charge is -2.33. The smallest absolute Gasteiger partial charge is 0.243 e. The van der Waals surface area contributed by atoms with E-state index >= 15 is 0 Å². The van der Waals surface area contributed by atoms with Crippen LogP contribution in [0.15, 0.2) is 42.5 Å². The molecule has 0 saturated carbocycles. The van der Waals surface area contributed by atoms with Crippen LogP contribution in [0.5, 0.6) is 5.75 Å². The van der Waals surface area contributed by atoms with E-state index in [1.54, 1.807) is 23.1 Å². The Kier molecular flexibility index (Phi) is 10.1. The Morgan fingerprint density at radius 2 is 1.67 bits per heavy atom. The Morgan fingerprint density at radius 3 is 2.21 bits per heavy atom. The van der Waals surface area contributed by atoms with Crippen LogP contribution in [0.4, 0.5) is 0 Å². The van der Waals surface area contributed by atoms with Gasteiger partial charge in [0.15, 0.2) is 0 Å². The zero-order valence-electron chi connectivity index (χ0n) is 20.1. The maximum absolute atomic E-state index is 13.3. The van der Waals surface area contributed by atoms with Gasteiger partial charge >= 0.3 is 0 Å². The van der Waals surface area contributed by atoms with Crippen molar-refractivity contribution in [1.82, 2.24) is 10.2 Å². The van der Waals surface area contributed by atoms with Gasteiger partial charge in [-0.25, -0.2) is 0 Å². The third-order valence-electron chi connectivity index (χ3n) is 5.10. The summed E-state index contributed by atoms with van der Waals surface area (Å²) in [6, 6.07) is 12.4. The van der Waals surface area contributed by atoms with Crippen LogP contribution in [-0.4, -0.2) is 34.9 Å². The van der Waals surface area contributed by atoms with Crippen molar-refractivity contribution in [3.63, 3.8) is 0 Å². The van der Waals surface area contributed by atoms with E-state index in [4.69, 9.17) is 27.9 Å². The number of nitrogens with one attached hydrogen (secondary N) is 1. The highest BCUT2D eigenvalue weighted by atomic mass is 35.5. The minimum atomic E-state index is -0.637. The largest absolute Gasteiger partial charge is 0.494 e. The average Bonchev–Trinajstić information content (AvgIpc) is 2.73. The van der Waals surface area contributed by atoms with E-state index in [0.717, 1.165) is 11.3 Å². The van der Waals surface area contributed by atoms with Gasteiger partial charge in [-0.3, -0.25) is 9.59 Å². The fourth-order valence-corrected chi connectivity index (χ4v) is 3.93. The van der Waals surface area contributed by atoms with E-state index in [1.807, 2.05) is 58.9 Å². The lowest BCUT2D eigenvalue weighted by molar-refractivity contribution is -0.142. The van der Waals surface area contributed by atoms with Gasteiger partial charge in [0, 0.05) is 34.1 Å². The average molecular weight is 493 g/mol. The van der Waals surface area contributed by atoms with E-state index in [9.17, 15) is 9.59 Å². The molecular weight excluding hydrogens is 459 g/mol. The molecule has 0 spiro atoms. The van der Waals surface area contributed by atoms with E-state index in [-0.39, 0.29) is 24.8 Å². The Balaban J connectivity index is 2.14. The number of benzene rings is 2. The van der Waals surface area contributed by atoms with Crippen molar-refractivity contribution in [3.05, 3.63) is 63.6 Å². The number of nitrogens with zero attached hydrogens (tertiary/aromatic N) is 1. The second-order valence-electron chi connectivity index (χ2n) is 9.15. The maximum Gasteiger partial charge on any atom is 0.243 e. The van der Waals surface area contributed by atoms with Gasteiger partial charge in [0.2, 0.25) is 11.8 Å². The Bertz CT molecular complexity index is 919. The summed E-state index contributed by atoms with van der Waals surface area (Å²) in [5, 5.41) is 3.92. The number of rotatable bonds is 10. The van der Waals surface area contributed by atoms with E-state index in [1.165, 1.54) is 0 Å². The molecule has 7 heteroatoms. The molecule has 180 valence electrons. The fourth-order valence-electron chi connectivity index (χ4n) is 3.42. The summed E-state index contributed by atoms with van der Waals surface area (Å²) >= 11 is 12.7. The van der Waals surface area contributed by atoms with Gasteiger partial charge in [-0.15, -0.1) is 0 Å². The molecule has 2 aromatic carbocycles. The van der Waals surface area contributed by atoms with Crippen molar-refractivity contribution in [2.75, 3.05) is 6.61 Å². The molecule has 2 rings (SSSR count). The summed E-state index contributed by atoms with van der Waals surface area (Å²) < 4.78 is 5.76. The van der Waals surface area contributed by atoms with Crippen LogP contribution in [0.25, 0.3) is 0 Å². The summed E-state index contributed by atoms with van der Waals surface area (Å²) in [5.74, 6) is 0.426. The molecule has 0 fully saturated rings. The first-order chi connectivity index (χ1) is 15.5. The highest BCUT2D eigenvalue weighted by Crippen LogP contribution is 2.27. The van der Waals surface area contributed by atoms with Gasteiger partial charge in [-0.1, -0.05) is 53.9 Å². The molecule has 0 aliphatic rings. The monoisotopic (exact) mass is 492 g/mol. The minimum Gasteiger partial charge on any atom is -0.494 e. The summed E-state index contributed by atoms with van der Waals surface area (Å²) in [6.45, 7) is 10.2. The molecular formula is C26H34Cl2N2O3. The second kappa shape index (κ2) is 12.3. The lowest BCUT2D eigenvalue weighted by atomic mass is 10.0. The van der Waals surface area contributed by atoms with Gasteiger partial charge in [-0.05, 0) is 64.8 Å². The molecule has 5 nitrogen and oxygen atoms in total. The predicted octanol–water partition coefficient (Wildman–Crippen LogP) is 6.18. The molecule has 0 heterocycles. The quantitative estimate of drug-likeness (QED) is 0.402. The summed E-state index contributed by atoms with van der Waals surface area (Å²) in [4.78, 5) is 27.9. The van der Waals surface area contributed by atoms with Crippen LogP contribution >= 0.6 is 23.2 Å². The predicted molar refractivity (Wildman–Crippen MR) is 135 cm³/mol. The number of amides is 2. The number of ether oxygens (including phenoxy) is 1. The number of hydrogen-bond acceptors (Lipinski definition) is 3. The van der Waals surface area contributed by atoms with Crippen LogP contribution in [0.3, 0.4) is 0 Å². The van der Waals surface area contributed by atoms with Gasteiger partial charge in [-0.2, -0.15) is 0 Å². The second-order valence-corrected chi connectivity index (χ2v) is 9.96. The Morgan fingerprint density at radius 1 is 1.06 bits per heavy atom. The number of aryl methyl sites for hydroxylation is 1. The van der Waals surface area contributed by atoms with E-state index in [2.05, 4.69) is 5.32 Å². The molecule has 0 aliphatic carbocycles. The third kappa shape index (κ3) is 8.56.